The van der Waals surface area contributed by atoms with E-state index in [4.69, 9.17) is 5.26 Å². The fourth-order valence-electron chi connectivity index (χ4n) is 2.25. The Hall–Kier alpha value is -2.57. The normalized spacial score (nSPS) is 17.7. The predicted octanol–water partition coefficient (Wildman–Crippen LogP) is 3.03. The van der Waals surface area contributed by atoms with Crippen LogP contribution in [0.5, 0.6) is 0 Å². The maximum atomic E-state index is 11.9. The fraction of sp³-hybridized carbons (Fsp3) is 0.714. The Morgan fingerprint density at radius 1 is 1.32 bits per heavy atom. The Balaban J connectivity index is 0. The Bertz CT molecular complexity index is 616. The van der Waals surface area contributed by atoms with Gasteiger partial charge in [0.25, 0.3) is 0 Å². The van der Waals surface area contributed by atoms with Crippen molar-refractivity contribution in [1.29, 1.82) is 5.26 Å². The summed E-state index contributed by atoms with van der Waals surface area (Å²) in [7, 11) is 0. The molecule has 2 atom stereocenters. The summed E-state index contributed by atoms with van der Waals surface area (Å²) in [5, 5.41) is 12.2. The van der Waals surface area contributed by atoms with E-state index < -0.39 is 30.6 Å². The minimum absolute atomic E-state index is 0.0519. The van der Waals surface area contributed by atoms with Crippen LogP contribution in [0.4, 0.5) is 13.2 Å². The summed E-state index contributed by atoms with van der Waals surface area (Å²) in [4.78, 5) is 33.5. The molecule has 1 rings (SSSR count). The summed E-state index contributed by atoms with van der Waals surface area (Å²) in [6, 6.07) is 1.47. The first-order valence-corrected chi connectivity index (χ1v) is 9.95. The standard InChI is InChI=1S/C11H17F3N2O2.C6H8N2O.C4H10/c1-7-5-16(6-10(7,2)3)8(17)4-15-9(18)11(12,13)14;1-2-3-6(4-7)8-5-9;1-4(2)3/h7H,4-6H2,1-3H3,(H,15,18);2,5-6H,1,3H2,(H,8,9);4H,1-3H3. The van der Waals surface area contributed by atoms with Gasteiger partial charge in [-0.1, -0.05) is 47.6 Å². The third-order valence-electron chi connectivity index (χ3n) is 4.26. The summed E-state index contributed by atoms with van der Waals surface area (Å²) in [5.41, 5.74) is -0.0519. The fourth-order valence-corrected chi connectivity index (χ4v) is 2.25. The third-order valence-corrected chi connectivity index (χ3v) is 4.26. The van der Waals surface area contributed by atoms with Crippen molar-refractivity contribution in [2.24, 2.45) is 17.3 Å². The van der Waals surface area contributed by atoms with E-state index in [1.807, 2.05) is 26.8 Å². The van der Waals surface area contributed by atoms with Gasteiger partial charge in [-0.2, -0.15) is 18.4 Å². The molecule has 2 N–H and O–H groups in total. The Morgan fingerprint density at radius 2 is 1.84 bits per heavy atom. The van der Waals surface area contributed by atoms with Gasteiger partial charge in [-0.05, 0) is 23.7 Å². The number of hydrogen-bond acceptors (Lipinski definition) is 4. The topological polar surface area (TPSA) is 102 Å². The van der Waals surface area contributed by atoms with E-state index >= 15 is 0 Å². The van der Waals surface area contributed by atoms with Gasteiger partial charge in [0.1, 0.15) is 6.04 Å². The van der Waals surface area contributed by atoms with Crippen LogP contribution < -0.4 is 10.6 Å². The third kappa shape index (κ3) is 14.1. The molecule has 0 saturated carbocycles. The van der Waals surface area contributed by atoms with Gasteiger partial charge in [-0.25, -0.2) is 0 Å². The SMILES string of the molecule is C=CCC(C#N)NC=O.CC(C)C.CC1CN(C(=O)CNC(=O)C(F)(F)F)CC1(C)C. The second kappa shape index (κ2) is 14.4. The summed E-state index contributed by atoms with van der Waals surface area (Å²) < 4.78 is 35.8. The number of nitrogens with one attached hydrogen (secondary N) is 2. The number of carbonyl (C=O) groups excluding carboxylic acids is 3. The number of nitrogens with zero attached hydrogens (tertiary/aromatic N) is 2. The second-order valence-electron chi connectivity index (χ2n) is 8.57. The number of carbonyl (C=O) groups is 3. The average Bonchev–Trinajstić information content (AvgIpc) is 2.91. The number of hydrogen-bond donors (Lipinski definition) is 2. The zero-order valence-corrected chi connectivity index (χ0v) is 19.2. The number of nitriles is 1. The van der Waals surface area contributed by atoms with E-state index in [1.165, 1.54) is 4.90 Å². The van der Waals surface area contributed by atoms with E-state index in [-0.39, 0.29) is 11.3 Å². The van der Waals surface area contributed by atoms with Gasteiger partial charge in [0, 0.05) is 13.1 Å². The second-order valence-corrected chi connectivity index (χ2v) is 8.57. The number of likely N-dealkylation sites (tertiary alicyclic amines) is 1. The smallest absolute Gasteiger partial charge is 0.343 e. The number of rotatable bonds is 6. The highest BCUT2D eigenvalue weighted by molar-refractivity contribution is 5.87. The van der Waals surface area contributed by atoms with Crippen molar-refractivity contribution in [2.45, 2.75) is 60.2 Å². The van der Waals surface area contributed by atoms with Crippen molar-refractivity contribution in [3.8, 4) is 6.07 Å². The van der Waals surface area contributed by atoms with Crippen molar-refractivity contribution < 1.29 is 27.6 Å². The number of amides is 3. The molecule has 0 aromatic carbocycles. The van der Waals surface area contributed by atoms with Crippen LogP contribution in [-0.4, -0.2) is 55.0 Å². The molecule has 0 aromatic rings. The molecule has 0 bridgehead atoms. The molecule has 31 heavy (non-hydrogen) atoms. The van der Waals surface area contributed by atoms with Crippen molar-refractivity contribution in [1.82, 2.24) is 15.5 Å². The molecule has 7 nitrogen and oxygen atoms in total. The highest BCUT2D eigenvalue weighted by Gasteiger charge is 2.41. The summed E-state index contributed by atoms with van der Waals surface area (Å²) in [6.45, 7) is 16.3. The maximum Gasteiger partial charge on any atom is 0.471 e. The maximum absolute atomic E-state index is 11.9. The summed E-state index contributed by atoms with van der Waals surface area (Å²) in [6.07, 6.45) is -2.35. The van der Waals surface area contributed by atoms with Crippen LogP contribution in [0.15, 0.2) is 12.7 Å². The lowest BCUT2D eigenvalue weighted by Crippen LogP contribution is -2.44. The summed E-state index contributed by atoms with van der Waals surface area (Å²) >= 11 is 0. The lowest BCUT2D eigenvalue weighted by Gasteiger charge is -2.22. The molecule has 178 valence electrons. The van der Waals surface area contributed by atoms with Crippen LogP contribution in [0.2, 0.25) is 0 Å². The van der Waals surface area contributed by atoms with Gasteiger partial charge in [-0.15, -0.1) is 6.58 Å². The van der Waals surface area contributed by atoms with Crippen LogP contribution >= 0.6 is 0 Å². The van der Waals surface area contributed by atoms with Crippen LogP contribution in [0.1, 0.15) is 48.0 Å². The molecule has 1 heterocycles. The molecule has 1 aliphatic heterocycles. The highest BCUT2D eigenvalue weighted by Crippen LogP contribution is 2.34. The van der Waals surface area contributed by atoms with Gasteiger partial charge >= 0.3 is 12.1 Å². The lowest BCUT2D eigenvalue weighted by molar-refractivity contribution is -0.174. The van der Waals surface area contributed by atoms with Crippen molar-refractivity contribution >= 4 is 18.2 Å². The molecule has 0 aromatic heterocycles. The van der Waals surface area contributed by atoms with Crippen LogP contribution in [0.25, 0.3) is 0 Å². The van der Waals surface area contributed by atoms with E-state index in [0.717, 1.165) is 5.92 Å². The monoisotopic (exact) mass is 448 g/mol. The van der Waals surface area contributed by atoms with Crippen molar-refractivity contribution in [3.63, 3.8) is 0 Å². The molecule has 1 aliphatic rings. The molecule has 0 radical (unpaired) electrons. The number of halogens is 3. The van der Waals surface area contributed by atoms with Gasteiger partial charge in [0.05, 0.1) is 12.6 Å². The van der Waals surface area contributed by atoms with E-state index in [2.05, 4.69) is 32.7 Å². The molecular weight excluding hydrogens is 413 g/mol. The van der Waals surface area contributed by atoms with Crippen molar-refractivity contribution in [2.75, 3.05) is 19.6 Å². The van der Waals surface area contributed by atoms with Gasteiger partial charge in [0.2, 0.25) is 12.3 Å². The number of alkyl halides is 3. The van der Waals surface area contributed by atoms with Gasteiger partial charge < -0.3 is 15.5 Å². The molecule has 0 spiro atoms. The summed E-state index contributed by atoms with van der Waals surface area (Å²) in [5.74, 6) is -1.45. The molecule has 3 amide bonds. The zero-order chi connectivity index (χ0) is 24.8. The lowest BCUT2D eigenvalue weighted by atomic mass is 9.84. The van der Waals surface area contributed by atoms with Crippen LogP contribution in [0.3, 0.4) is 0 Å². The first-order valence-electron chi connectivity index (χ1n) is 9.95. The Kier molecular flexibility index (Phi) is 14.3. The Morgan fingerprint density at radius 3 is 2.16 bits per heavy atom. The minimum Gasteiger partial charge on any atom is -0.343 e. The molecule has 2 unspecified atom stereocenters. The van der Waals surface area contributed by atoms with E-state index in [9.17, 15) is 27.6 Å². The van der Waals surface area contributed by atoms with E-state index in [0.29, 0.717) is 25.9 Å². The minimum atomic E-state index is -4.95. The van der Waals surface area contributed by atoms with Gasteiger partial charge in [-0.3, -0.25) is 14.4 Å². The Labute approximate surface area is 183 Å². The average molecular weight is 449 g/mol. The largest absolute Gasteiger partial charge is 0.471 e. The van der Waals surface area contributed by atoms with Crippen LogP contribution in [-0.2, 0) is 14.4 Å². The predicted molar refractivity (Wildman–Crippen MR) is 113 cm³/mol. The van der Waals surface area contributed by atoms with Crippen LogP contribution in [0, 0.1) is 28.6 Å². The molecular formula is C21H35F3N4O3. The quantitative estimate of drug-likeness (QED) is 0.482. The van der Waals surface area contributed by atoms with Gasteiger partial charge in [0.15, 0.2) is 0 Å². The first kappa shape index (κ1) is 30.6. The molecule has 0 aliphatic carbocycles. The molecule has 1 saturated heterocycles. The molecule has 1 fully saturated rings. The van der Waals surface area contributed by atoms with Crippen molar-refractivity contribution in [3.05, 3.63) is 12.7 Å². The molecule has 10 heteroatoms. The first-order chi connectivity index (χ1) is 14.1. The van der Waals surface area contributed by atoms with E-state index in [1.54, 1.807) is 11.4 Å². The highest BCUT2D eigenvalue weighted by atomic mass is 19.4. The zero-order valence-electron chi connectivity index (χ0n) is 19.2.